The van der Waals surface area contributed by atoms with E-state index in [1.807, 2.05) is 18.2 Å². The summed E-state index contributed by atoms with van der Waals surface area (Å²) in [5, 5.41) is 3.05. The van der Waals surface area contributed by atoms with Crippen LogP contribution in [0.4, 0.5) is 4.39 Å². The summed E-state index contributed by atoms with van der Waals surface area (Å²) in [4.78, 5) is 26.9. The quantitative estimate of drug-likeness (QED) is 0.831. The van der Waals surface area contributed by atoms with Gasteiger partial charge in [0.15, 0.2) is 0 Å². The van der Waals surface area contributed by atoms with Crippen molar-refractivity contribution in [2.75, 3.05) is 19.6 Å². The van der Waals surface area contributed by atoms with Crippen molar-refractivity contribution in [1.82, 2.24) is 10.2 Å². The van der Waals surface area contributed by atoms with Crippen molar-refractivity contribution in [3.05, 3.63) is 71.5 Å². The standard InChI is InChI=1S/C23H27FN2O2/c1-17(19-6-3-2-4-7-19)15-25-23(28)20-8-5-13-26(16-20)22(27)14-18-9-11-21(24)12-10-18/h2-4,6-7,9-12,17,20H,5,8,13-16H2,1H3,(H,25,28). The van der Waals surface area contributed by atoms with Gasteiger partial charge in [-0.2, -0.15) is 0 Å². The molecular weight excluding hydrogens is 355 g/mol. The molecular formula is C23H27FN2O2. The van der Waals surface area contributed by atoms with Gasteiger partial charge < -0.3 is 10.2 Å². The number of halogens is 1. The number of rotatable bonds is 6. The third kappa shape index (κ3) is 5.41. The number of nitrogens with one attached hydrogen (secondary N) is 1. The predicted molar refractivity (Wildman–Crippen MR) is 107 cm³/mol. The van der Waals surface area contributed by atoms with E-state index in [0.29, 0.717) is 19.6 Å². The fourth-order valence-corrected chi connectivity index (χ4v) is 3.60. The van der Waals surface area contributed by atoms with Gasteiger partial charge in [-0.1, -0.05) is 49.4 Å². The number of benzene rings is 2. The molecule has 2 amide bonds. The molecule has 28 heavy (non-hydrogen) atoms. The highest BCUT2D eigenvalue weighted by atomic mass is 19.1. The van der Waals surface area contributed by atoms with Gasteiger partial charge in [0.1, 0.15) is 5.82 Å². The van der Waals surface area contributed by atoms with E-state index in [1.165, 1.54) is 17.7 Å². The Morgan fingerprint density at radius 1 is 1.14 bits per heavy atom. The third-order valence-electron chi connectivity index (χ3n) is 5.36. The third-order valence-corrected chi connectivity index (χ3v) is 5.36. The Bertz CT molecular complexity index is 792. The molecule has 0 aromatic heterocycles. The van der Waals surface area contributed by atoms with Gasteiger partial charge in [-0.3, -0.25) is 9.59 Å². The monoisotopic (exact) mass is 382 g/mol. The lowest BCUT2D eigenvalue weighted by Gasteiger charge is -2.32. The topological polar surface area (TPSA) is 49.4 Å². The number of hydrogen-bond donors (Lipinski definition) is 1. The minimum absolute atomic E-state index is 0.0123. The lowest BCUT2D eigenvalue weighted by molar-refractivity contribution is -0.135. The van der Waals surface area contributed by atoms with Crippen LogP contribution in [0.2, 0.25) is 0 Å². The van der Waals surface area contributed by atoms with Crippen molar-refractivity contribution < 1.29 is 14.0 Å². The van der Waals surface area contributed by atoms with E-state index in [0.717, 1.165) is 18.4 Å². The fourth-order valence-electron chi connectivity index (χ4n) is 3.60. The zero-order chi connectivity index (χ0) is 19.9. The van der Waals surface area contributed by atoms with Crippen LogP contribution in [0, 0.1) is 11.7 Å². The van der Waals surface area contributed by atoms with Gasteiger partial charge >= 0.3 is 0 Å². The minimum atomic E-state index is -0.310. The second-order valence-corrected chi connectivity index (χ2v) is 7.54. The number of likely N-dealkylation sites (tertiary alicyclic amines) is 1. The number of amides is 2. The van der Waals surface area contributed by atoms with Crippen molar-refractivity contribution in [2.24, 2.45) is 5.92 Å². The highest BCUT2D eigenvalue weighted by Gasteiger charge is 2.28. The van der Waals surface area contributed by atoms with Crippen LogP contribution in [0.1, 0.15) is 36.8 Å². The molecule has 1 aliphatic heterocycles. The first-order valence-electron chi connectivity index (χ1n) is 9.88. The largest absolute Gasteiger partial charge is 0.355 e. The van der Waals surface area contributed by atoms with E-state index >= 15 is 0 Å². The Kier molecular flexibility index (Phi) is 6.80. The van der Waals surface area contributed by atoms with E-state index < -0.39 is 0 Å². The second kappa shape index (κ2) is 9.49. The van der Waals surface area contributed by atoms with Crippen molar-refractivity contribution in [3.8, 4) is 0 Å². The molecule has 2 aromatic carbocycles. The first-order valence-corrected chi connectivity index (χ1v) is 9.88. The van der Waals surface area contributed by atoms with E-state index in [9.17, 15) is 14.0 Å². The molecule has 4 nitrogen and oxygen atoms in total. The summed E-state index contributed by atoms with van der Waals surface area (Å²) in [5.41, 5.74) is 1.98. The molecule has 5 heteroatoms. The van der Waals surface area contributed by atoms with Crippen LogP contribution in [0.25, 0.3) is 0 Å². The Morgan fingerprint density at radius 2 is 1.86 bits per heavy atom. The second-order valence-electron chi connectivity index (χ2n) is 7.54. The predicted octanol–water partition coefficient (Wildman–Crippen LogP) is 3.53. The summed E-state index contributed by atoms with van der Waals surface area (Å²) in [7, 11) is 0. The summed E-state index contributed by atoms with van der Waals surface area (Å²) < 4.78 is 13.0. The number of carbonyl (C=O) groups is 2. The van der Waals surface area contributed by atoms with Crippen LogP contribution < -0.4 is 5.32 Å². The van der Waals surface area contributed by atoms with Crippen molar-refractivity contribution in [1.29, 1.82) is 0 Å². The fraction of sp³-hybridized carbons (Fsp3) is 0.391. The van der Waals surface area contributed by atoms with Gasteiger partial charge in [0.05, 0.1) is 12.3 Å². The van der Waals surface area contributed by atoms with Gasteiger partial charge in [-0.15, -0.1) is 0 Å². The SMILES string of the molecule is CC(CNC(=O)C1CCCN(C(=O)Cc2ccc(F)cc2)C1)c1ccccc1. The van der Waals surface area contributed by atoms with Gasteiger partial charge in [-0.25, -0.2) is 4.39 Å². The molecule has 2 unspecified atom stereocenters. The molecule has 1 N–H and O–H groups in total. The van der Waals surface area contributed by atoms with Crippen LogP contribution in [0.15, 0.2) is 54.6 Å². The molecule has 0 spiro atoms. The smallest absolute Gasteiger partial charge is 0.227 e. The zero-order valence-electron chi connectivity index (χ0n) is 16.2. The lowest BCUT2D eigenvalue weighted by atomic mass is 9.95. The highest BCUT2D eigenvalue weighted by Crippen LogP contribution is 2.19. The number of piperidine rings is 1. The highest BCUT2D eigenvalue weighted by molar-refractivity contribution is 5.82. The zero-order valence-corrected chi connectivity index (χ0v) is 16.2. The molecule has 1 saturated heterocycles. The van der Waals surface area contributed by atoms with E-state index in [2.05, 4.69) is 24.4 Å². The molecule has 1 fully saturated rings. The first kappa shape index (κ1) is 20.1. The molecule has 0 bridgehead atoms. The molecule has 2 aromatic rings. The van der Waals surface area contributed by atoms with Crippen molar-refractivity contribution in [3.63, 3.8) is 0 Å². The number of carbonyl (C=O) groups excluding carboxylic acids is 2. The molecule has 148 valence electrons. The van der Waals surface area contributed by atoms with Crippen LogP contribution in [0.5, 0.6) is 0 Å². The maximum absolute atomic E-state index is 13.0. The summed E-state index contributed by atoms with van der Waals surface area (Å²) in [6.07, 6.45) is 1.85. The average Bonchev–Trinajstić information content (AvgIpc) is 2.74. The van der Waals surface area contributed by atoms with Crippen LogP contribution in [0.3, 0.4) is 0 Å². The summed E-state index contributed by atoms with van der Waals surface area (Å²) in [5.74, 6) is -0.238. The Morgan fingerprint density at radius 3 is 2.57 bits per heavy atom. The Hall–Kier alpha value is -2.69. The maximum Gasteiger partial charge on any atom is 0.227 e. The maximum atomic E-state index is 13.0. The van der Waals surface area contributed by atoms with Gasteiger partial charge in [0.2, 0.25) is 11.8 Å². The minimum Gasteiger partial charge on any atom is -0.355 e. The molecule has 0 aliphatic carbocycles. The molecule has 0 radical (unpaired) electrons. The average molecular weight is 382 g/mol. The van der Waals surface area contributed by atoms with E-state index in [1.54, 1.807) is 17.0 Å². The van der Waals surface area contributed by atoms with Crippen LogP contribution >= 0.6 is 0 Å². The Balaban J connectivity index is 1.50. The number of nitrogens with zero attached hydrogens (tertiary/aromatic N) is 1. The van der Waals surface area contributed by atoms with Gasteiger partial charge in [0.25, 0.3) is 0 Å². The molecule has 0 saturated carbocycles. The normalized spacial score (nSPS) is 17.8. The molecule has 2 atom stereocenters. The summed E-state index contributed by atoms with van der Waals surface area (Å²) >= 11 is 0. The molecule has 1 aliphatic rings. The number of hydrogen-bond acceptors (Lipinski definition) is 2. The molecule has 3 rings (SSSR count). The van der Waals surface area contributed by atoms with Gasteiger partial charge in [0, 0.05) is 19.6 Å². The van der Waals surface area contributed by atoms with E-state index in [-0.39, 0.29) is 35.9 Å². The van der Waals surface area contributed by atoms with Crippen molar-refractivity contribution >= 4 is 11.8 Å². The summed E-state index contributed by atoms with van der Waals surface area (Å²) in [6, 6.07) is 16.1. The van der Waals surface area contributed by atoms with Gasteiger partial charge in [-0.05, 0) is 42.0 Å². The Labute approximate surface area is 165 Å². The van der Waals surface area contributed by atoms with E-state index in [4.69, 9.17) is 0 Å². The summed E-state index contributed by atoms with van der Waals surface area (Å²) in [6.45, 7) is 3.80. The lowest BCUT2D eigenvalue weighted by Crippen LogP contribution is -2.46. The van der Waals surface area contributed by atoms with Crippen LogP contribution in [-0.4, -0.2) is 36.3 Å². The van der Waals surface area contributed by atoms with Crippen molar-refractivity contribution in [2.45, 2.75) is 32.1 Å². The first-order chi connectivity index (χ1) is 13.5. The molecule has 1 heterocycles. The van der Waals surface area contributed by atoms with Crippen LogP contribution in [-0.2, 0) is 16.0 Å².